The molecule has 0 bridgehead atoms. The van der Waals surface area contributed by atoms with Crippen molar-refractivity contribution < 1.29 is 4.79 Å². The zero-order chi connectivity index (χ0) is 12.7. The van der Waals surface area contributed by atoms with Gasteiger partial charge in [0, 0.05) is 23.5 Å². The minimum Gasteiger partial charge on any atom is -0.399 e. The third-order valence-corrected chi connectivity index (χ3v) is 3.00. The standard InChI is InChI=1S/C12H19N3OS/c1-17-5-3-2-4-15-12(16)9-6-10(13)8-11(14)7-9/h6-8H,2-5,13-14H2,1H3,(H,15,16). The molecule has 0 aromatic heterocycles. The van der Waals surface area contributed by atoms with E-state index in [1.807, 2.05) is 11.8 Å². The van der Waals surface area contributed by atoms with Crippen molar-refractivity contribution in [3.05, 3.63) is 23.8 Å². The number of thioether (sulfide) groups is 1. The highest BCUT2D eigenvalue weighted by Crippen LogP contribution is 2.13. The molecule has 0 radical (unpaired) electrons. The molecule has 5 N–H and O–H groups in total. The smallest absolute Gasteiger partial charge is 0.251 e. The molecule has 0 fully saturated rings. The molecule has 0 aliphatic heterocycles. The summed E-state index contributed by atoms with van der Waals surface area (Å²) in [6.07, 6.45) is 4.18. The Balaban J connectivity index is 2.41. The third-order valence-electron chi connectivity index (χ3n) is 2.30. The van der Waals surface area contributed by atoms with Gasteiger partial charge in [0.05, 0.1) is 0 Å². The van der Waals surface area contributed by atoms with Crippen LogP contribution in [0.15, 0.2) is 18.2 Å². The molecule has 5 heteroatoms. The summed E-state index contributed by atoms with van der Waals surface area (Å²) in [6.45, 7) is 0.689. The molecule has 0 saturated carbocycles. The Kier molecular flexibility index (Phi) is 5.69. The van der Waals surface area contributed by atoms with Crippen LogP contribution < -0.4 is 16.8 Å². The van der Waals surface area contributed by atoms with Gasteiger partial charge < -0.3 is 16.8 Å². The summed E-state index contributed by atoms with van der Waals surface area (Å²) >= 11 is 1.81. The average molecular weight is 253 g/mol. The van der Waals surface area contributed by atoms with Crippen molar-refractivity contribution in [2.45, 2.75) is 12.8 Å². The molecule has 0 aliphatic carbocycles. The van der Waals surface area contributed by atoms with E-state index in [4.69, 9.17) is 11.5 Å². The zero-order valence-electron chi connectivity index (χ0n) is 10.0. The van der Waals surface area contributed by atoms with Crippen LogP contribution in [0.2, 0.25) is 0 Å². The van der Waals surface area contributed by atoms with Crippen LogP contribution in [0.3, 0.4) is 0 Å². The molecule has 94 valence electrons. The van der Waals surface area contributed by atoms with Crippen molar-refractivity contribution in [2.75, 3.05) is 30.0 Å². The Hall–Kier alpha value is -1.36. The van der Waals surface area contributed by atoms with Crippen molar-refractivity contribution in [3.63, 3.8) is 0 Å². The molecular formula is C12H19N3OS. The van der Waals surface area contributed by atoms with Crippen LogP contribution in [-0.4, -0.2) is 24.5 Å². The maximum Gasteiger partial charge on any atom is 0.251 e. The number of nitrogen functional groups attached to an aromatic ring is 2. The van der Waals surface area contributed by atoms with Crippen molar-refractivity contribution in [3.8, 4) is 0 Å². The number of rotatable bonds is 6. The predicted octanol–water partition coefficient (Wildman–Crippen LogP) is 1.72. The molecule has 0 unspecified atom stereocenters. The van der Waals surface area contributed by atoms with Gasteiger partial charge in [0.25, 0.3) is 5.91 Å². The summed E-state index contributed by atoms with van der Waals surface area (Å²) in [5.41, 5.74) is 12.8. The van der Waals surface area contributed by atoms with Gasteiger partial charge in [-0.05, 0) is 43.0 Å². The molecule has 1 aromatic rings. The first-order valence-electron chi connectivity index (χ1n) is 5.56. The van der Waals surface area contributed by atoms with Crippen LogP contribution in [0, 0.1) is 0 Å². The first-order valence-corrected chi connectivity index (χ1v) is 6.96. The number of nitrogens with two attached hydrogens (primary N) is 2. The van der Waals surface area contributed by atoms with Gasteiger partial charge in [-0.25, -0.2) is 0 Å². The van der Waals surface area contributed by atoms with Crippen molar-refractivity contribution in [1.29, 1.82) is 0 Å². The van der Waals surface area contributed by atoms with Gasteiger partial charge >= 0.3 is 0 Å². The predicted molar refractivity (Wildman–Crippen MR) is 75.2 cm³/mol. The number of hydrogen-bond acceptors (Lipinski definition) is 4. The van der Waals surface area contributed by atoms with Crippen LogP contribution in [0.25, 0.3) is 0 Å². The zero-order valence-corrected chi connectivity index (χ0v) is 10.8. The molecule has 0 aliphatic rings. The van der Waals surface area contributed by atoms with Crippen molar-refractivity contribution in [2.24, 2.45) is 0 Å². The lowest BCUT2D eigenvalue weighted by molar-refractivity contribution is 0.0953. The van der Waals surface area contributed by atoms with Gasteiger partial charge in [0.1, 0.15) is 0 Å². The van der Waals surface area contributed by atoms with E-state index in [0.29, 0.717) is 23.5 Å². The Morgan fingerprint density at radius 2 is 1.88 bits per heavy atom. The quantitative estimate of drug-likeness (QED) is 0.532. The molecule has 1 aromatic carbocycles. The van der Waals surface area contributed by atoms with Gasteiger partial charge in [0.15, 0.2) is 0 Å². The number of unbranched alkanes of at least 4 members (excludes halogenated alkanes) is 1. The Labute approximate surface area is 106 Å². The van der Waals surface area contributed by atoms with Crippen LogP contribution in [0.4, 0.5) is 11.4 Å². The molecule has 0 atom stereocenters. The molecule has 17 heavy (non-hydrogen) atoms. The van der Waals surface area contributed by atoms with E-state index in [2.05, 4.69) is 11.6 Å². The lowest BCUT2D eigenvalue weighted by atomic mass is 10.1. The topological polar surface area (TPSA) is 81.1 Å². The number of benzene rings is 1. The number of amides is 1. The number of nitrogens with one attached hydrogen (secondary N) is 1. The Bertz CT molecular complexity index is 362. The summed E-state index contributed by atoms with van der Waals surface area (Å²) in [4.78, 5) is 11.8. The fraction of sp³-hybridized carbons (Fsp3) is 0.417. The number of hydrogen-bond donors (Lipinski definition) is 3. The number of carbonyl (C=O) groups is 1. The van der Waals surface area contributed by atoms with E-state index in [1.54, 1.807) is 18.2 Å². The second-order valence-electron chi connectivity index (χ2n) is 3.84. The fourth-order valence-electron chi connectivity index (χ4n) is 1.48. The van der Waals surface area contributed by atoms with E-state index in [9.17, 15) is 4.79 Å². The number of anilines is 2. The van der Waals surface area contributed by atoms with Gasteiger partial charge in [-0.15, -0.1) is 0 Å². The molecule has 0 heterocycles. The van der Waals surface area contributed by atoms with Crippen LogP contribution in [0.5, 0.6) is 0 Å². The number of carbonyl (C=O) groups excluding carboxylic acids is 1. The molecule has 4 nitrogen and oxygen atoms in total. The minimum atomic E-state index is -0.117. The van der Waals surface area contributed by atoms with E-state index in [-0.39, 0.29) is 5.91 Å². The molecule has 1 amide bonds. The van der Waals surface area contributed by atoms with Gasteiger partial charge in [-0.3, -0.25) is 4.79 Å². The largest absolute Gasteiger partial charge is 0.399 e. The Morgan fingerprint density at radius 3 is 2.47 bits per heavy atom. The van der Waals surface area contributed by atoms with E-state index < -0.39 is 0 Å². The van der Waals surface area contributed by atoms with Gasteiger partial charge in [0.2, 0.25) is 0 Å². The summed E-state index contributed by atoms with van der Waals surface area (Å²) in [5.74, 6) is 1.01. The van der Waals surface area contributed by atoms with Gasteiger partial charge in [-0.1, -0.05) is 0 Å². The van der Waals surface area contributed by atoms with Crippen molar-refractivity contribution >= 4 is 29.0 Å². The summed E-state index contributed by atoms with van der Waals surface area (Å²) in [7, 11) is 0. The highest BCUT2D eigenvalue weighted by atomic mass is 32.2. The Morgan fingerprint density at radius 1 is 1.24 bits per heavy atom. The van der Waals surface area contributed by atoms with Crippen molar-refractivity contribution in [1.82, 2.24) is 5.32 Å². The highest BCUT2D eigenvalue weighted by molar-refractivity contribution is 7.98. The monoisotopic (exact) mass is 253 g/mol. The molecule has 0 saturated heterocycles. The molecular weight excluding hydrogens is 234 g/mol. The summed E-state index contributed by atoms with van der Waals surface area (Å²) in [5, 5.41) is 2.85. The van der Waals surface area contributed by atoms with Crippen LogP contribution in [0.1, 0.15) is 23.2 Å². The average Bonchev–Trinajstić information content (AvgIpc) is 2.27. The third kappa shape index (κ3) is 4.99. The normalized spacial score (nSPS) is 10.2. The maximum atomic E-state index is 11.8. The molecule has 0 spiro atoms. The van der Waals surface area contributed by atoms with E-state index >= 15 is 0 Å². The van der Waals surface area contributed by atoms with Crippen LogP contribution in [-0.2, 0) is 0 Å². The molecule has 1 rings (SSSR count). The first kappa shape index (κ1) is 13.7. The summed E-state index contributed by atoms with van der Waals surface area (Å²) < 4.78 is 0. The lowest BCUT2D eigenvalue weighted by Gasteiger charge is -2.06. The van der Waals surface area contributed by atoms with E-state index in [1.165, 1.54) is 0 Å². The second-order valence-corrected chi connectivity index (χ2v) is 4.83. The first-order chi connectivity index (χ1) is 8.13. The lowest BCUT2D eigenvalue weighted by Crippen LogP contribution is -2.24. The van der Waals surface area contributed by atoms with Gasteiger partial charge in [-0.2, -0.15) is 11.8 Å². The maximum absolute atomic E-state index is 11.8. The van der Waals surface area contributed by atoms with E-state index in [0.717, 1.165) is 18.6 Å². The fourth-order valence-corrected chi connectivity index (χ4v) is 1.98. The SMILES string of the molecule is CSCCCCNC(=O)c1cc(N)cc(N)c1. The second kappa shape index (κ2) is 7.06. The van der Waals surface area contributed by atoms with Crippen LogP contribution >= 0.6 is 11.8 Å². The highest BCUT2D eigenvalue weighted by Gasteiger charge is 2.06. The summed E-state index contributed by atoms with van der Waals surface area (Å²) in [6, 6.07) is 4.90. The minimum absolute atomic E-state index is 0.117.